The van der Waals surface area contributed by atoms with Crippen LogP contribution in [0.5, 0.6) is 0 Å². The molecule has 0 aromatic carbocycles. The van der Waals surface area contributed by atoms with E-state index in [0.29, 0.717) is 0 Å². The van der Waals surface area contributed by atoms with Crippen LogP contribution < -0.4 is 22.3 Å². The largest absolute Gasteiger partial charge is 0.335 e. The third-order valence-corrected chi connectivity index (χ3v) is 0.896. The first-order valence-electron chi connectivity index (χ1n) is 3.34. The molecule has 0 aromatic heterocycles. The van der Waals surface area contributed by atoms with Crippen LogP contribution in [0.3, 0.4) is 0 Å². The fourth-order valence-electron chi connectivity index (χ4n) is 0.363. The number of rotatable bonds is 4. The van der Waals surface area contributed by atoms with Gasteiger partial charge in [0.2, 0.25) is 11.8 Å². The normalized spacial score (nSPS) is 7.23. The number of carbonyl (C=O) groups excluding carboxylic acids is 2. The molecule has 0 fully saturated rings. The Labute approximate surface area is 76.6 Å². The fourth-order valence-corrected chi connectivity index (χ4v) is 0.363. The molecule has 0 radical (unpaired) electrons. The second-order valence-corrected chi connectivity index (χ2v) is 1.67. The molecule has 0 unspecified atom stereocenters. The van der Waals surface area contributed by atoms with Gasteiger partial charge in [0.05, 0.1) is 6.67 Å². The molecule has 0 rings (SSSR count). The van der Waals surface area contributed by atoms with E-state index in [4.69, 9.17) is 0 Å². The molecule has 2 amide bonds. The number of amides is 2. The predicted molar refractivity (Wildman–Crippen MR) is 49.9 cm³/mol. The van der Waals surface area contributed by atoms with E-state index in [1.807, 2.05) is 0 Å². The topological polar surface area (TPSA) is 110 Å². The van der Waals surface area contributed by atoms with Gasteiger partial charge in [0.15, 0.2) is 0 Å². The SMILES string of the molecule is C=CC(=O)NCNC(=O)C=C.NN. The van der Waals surface area contributed by atoms with E-state index in [2.05, 4.69) is 35.5 Å². The lowest BCUT2D eigenvalue weighted by atomic mass is 10.5. The first-order valence-corrected chi connectivity index (χ1v) is 3.34. The van der Waals surface area contributed by atoms with Gasteiger partial charge in [0.1, 0.15) is 0 Å². The summed E-state index contributed by atoms with van der Waals surface area (Å²) in [4.78, 5) is 21.0. The van der Waals surface area contributed by atoms with Crippen molar-refractivity contribution in [1.29, 1.82) is 0 Å². The summed E-state index contributed by atoms with van der Waals surface area (Å²) in [6.07, 6.45) is 2.25. The Morgan fingerprint density at radius 1 is 1.08 bits per heavy atom. The number of nitrogens with two attached hydrogens (primary N) is 2. The van der Waals surface area contributed by atoms with E-state index < -0.39 is 0 Å². The highest BCUT2D eigenvalue weighted by atomic mass is 16.2. The van der Waals surface area contributed by atoms with Crippen LogP contribution in [0, 0.1) is 0 Å². The Kier molecular flexibility index (Phi) is 11.1. The maximum atomic E-state index is 10.5. The van der Waals surface area contributed by atoms with Gasteiger partial charge in [-0.3, -0.25) is 21.3 Å². The molecular formula is C7H14N4O2. The number of hydrogen-bond donors (Lipinski definition) is 4. The zero-order chi connectivity index (χ0) is 10.7. The Balaban J connectivity index is 0. The smallest absolute Gasteiger partial charge is 0.244 e. The van der Waals surface area contributed by atoms with Gasteiger partial charge in [0.25, 0.3) is 0 Å². The molecule has 6 nitrogen and oxygen atoms in total. The molecule has 0 bridgehead atoms. The zero-order valence-electron chi connectivity index (χ0n) is 7.25. The van der Waals surface area contributed by atoms with Crippen LogP contribution in [0.25, 0.3) is 0 Å². The average molecular weight is 186 g/mol. The number of hydrazine groups is 1. The molecule has 74 valence electrons. The summed E-state index contributed by atoms with van der Waals surface area (Å²) in [5, 5.41) is 4.72. The van der Waals surface area contributed by atoms with Crippen molar-refractivity contribution >= 4 is 11.8 Å². The molecule has 0 atom stereocenters. The molecule has 0 heterocycles. The summed E-state index contributed by atoms with van der Waals surface area (Å²) in [5.41, 5.74) is 0. The molecular weight excluding hydrogens is 172 g/mol. The predicted octanol–water partition coefficient (Wildman–Crippen LogP) is -1.63. The van der Waals surface area contributed by atoms with Gasteiger partial charge in [-0.05, 0) is 12.2 Å². The Morgan fingerprint density at radius 2 is 1.38 bits per heavy atom. The summed E-state index contributed by atoms with van der Waals surface area (Å²) in [5.74, 6) is 7.35. The van der Waals surface area contributed by atoms with Crippen molar-refractivity contribution in [3.8, 4) is 0 Å². The monoisotopic (exact) mass is 186 g/mol. The van der Waals surface area contributed by atoms with Crippen LogP contribution in [-0.4, -0.2) is 18.5 Å². The van der Waals surface area contributed by atoms with Crippen molar-refractivity contribution in [1.82, 2.24) is 10.6 Å². The zero-order valence-corrected chi connectivity index (χ0v) is 7.25. The van der Waals surface area contributed by atoms with E-state index in [0.717, 1.165) is 12.2 Å². The second kappa shape index (κ2) is 10.3. The summed E-state index contributed by atoms with van der Waals surface area (Å²) in [7, 11) is 0. The van der Waals surface area contributed by atoms with Gasteiger partial charge >= 0.3 is 0 Å². The highest BCUT2D eigenvalue weighted by molar-refractivity contribution is 5.89. The van der Waals surface area contributed by atoms with Crippen LogP contribution in [-0.2, 0) is 9.59 Å². The summed E-state index contributed by atoms with van der Waals surface area (Å²) >= 11 is 0. The molecule has 0 saturated heterocycles. The van der Waals surface area contributed by atoms with E-state index >= 15 is 0 Å². The molecule has 0 saturated carbocycles. The third-order valence-electron chi connectivity index (χ3n) is 0.896. The highest BCUT2D eigenvalue weighted by Gasteiger charge is 1.93. The molecule has 0 aliphatic rings. The minimum absolute atomic E-state index is 0.0930. The maximum absolute atomic E-state index is 10.5. The van der Waals surface area contributed by atoms with Gasteiger partial charge in [-0.1, -0.05) is 13.2 Å². The first kappa shape index (κ1) is 13.9. The lowest BCUT2D eigenvalue weighted by Crippen LogP contribution is -2.35. The second-order valence-electron chi connectivity index (χ2n) is 1.67. The third kappa shape index (κ3) is 10.3. The van der Waals surface area contributed by atoms with E-state index in [1.165, 1.54) is 0 Å². The minimum atomic E-state index is -0.325. The lowest BCUT2D eigenvalue weighted by molar-refractivity contribution is -0.118. The molecule has 0 aliphatic heterocycles. The van der Waals surface area contributed by atoms with Crippen LogP contribution >= 0.6 is 0 Å². The molecule has 6 heteroatoms. The molecule has 13 heavy (non-hydrogen) atoms. The van der Waals surface area contributed by atoms with Crippen molar-refractivity contribution in [3.63, 3.8) is 0 Å². The molecule has 0 spiro atoms. The van der Waals surface area contributed by atoms with Gasteiger partial charge in [0, 0.05) is 0 Å². The highest BCUT2D eigenvalue weighted by Crippen LogP contribution is 1.65. The average Bonchev–Trinajstić information content (AvgIpc) is 2.20. The molecule has 6 N–H and O–H groups in total. The summed E-state index contributed by atoms with van der Waals surface area (Å²) < 4.78 is 0. The maximum Gasteiger partial charge on any atom is 0.244 e. The summed E-state index contributed by atoms with van der Waals surface area (Å²) in [6.45, 7) is 6.56. The van der Waals surface area contributed by atoms with Crippen molar-refractivity contribution < 1.29 is 9.59 Å². The summed E-state index contributed by atoms with van der Waals surface area (Å²) in [6, 6.07) is 0. The van der Waals surface area contributed by atoms with Gasteiger partial charge in [-0.25, -0.2) is 0 Å². The van der Waals surface area contributed by atoms with E-state index in [9.17, 15) is 9.59 Å². The van der Waals surface area contributed by atoms with E-state index in [1.54, 1.807) is 0 Å². The minimum Gasteiger partial charge on any atom is -0.335 e. The Morgan fingerprint density at radius 3 is 1.62 bits per heavy atom. The van der Waals surface area contributed by atoms with Gasteiger partial charge < -0.3 is 10.6 Å². The van der Waals surface area contributed by atoms with E-state index in [-0.39, 0.29) is 18.5 Å². The standard InChI is InChI=1S/C7H10N2O2.H4N2/c1-3-6(10)8-5-9-7(11)4-2;1-2/h3-4H,1-2,5H2,(H,8,10)(H,9,11);1-2H2. The van der Waals surface area contributed by atoms with Gasteiger partial charge in [-0.15, -0.1) is 0 Å². The Bertz CT molecular complexity index is 171. The van der Waals surface area contributed by atoms with Crippen molar-refractivity contribution in [3.05, 3.63) is 25.3 Å². The lowest BCUT2D eigenvalue weighted by Gasteiger charge is -2.01. The van der Waals surface area contributed by atoms with Crippen LogP contribution in [0.15, 0.2) is 25.3 Å². The molecule has 0 aromatic rings. The van der Waals surface area contributed by atoms with Crippen molar-refractivity contribution in [2.45, 2.75) is 0 Å². The van der Waals surface area contributed by atoms with Crippen molar-refractivity contribution in [2.75, 3.05) is 6.67 Å². The van der Waals surface area contributed by atoms with Crippen molar-refractivity contribution in [2.24, 2.45) is 11.7 Å². The number of hydrogen-bond acceptors (Lipinski definition) is 4. The molecule has 0 aliphatic carbocycles. The van der Waals surface area contributed by atoms with Crippen LogP contribution in [0.2, 0.25) is 0 Å². The van der Waals surface area contributed by atoms with Crippen LogP contribution in [0.4, 0.5) is 0 Å². The number of nitrogens with one attached hydrogen (secondary N) is 2. The fraction of sp³-hybridized carbons (Fsp3) is 0.143. The number of carbonyl (C=O) groups is 2. The first-order chi connectivity index (χ1) is 6.20. The quantitative estimate of drug-likeness (QED) is 0.183. The Hall–Kier alpha value is -1.66. The van der Waals surface area contributed by atoms with Crippen LogP contribution in [0.1, 0.15) is 0 Å². The van der Waals surface area contributed by atoms with Gasteiger partial charge in [-0.2, -0.15) is 0 Å².